The number of aryl methyl sites for hydroxylation is 1. The molecule has 10 aromatic rings. The predicted octanol–water partition coefficient (Wildman–Crippen LogP) is 11.4. The van der Waals surface area contributed by atoms with Crippen molar-refractivity contribution in [3.05, 3.63) is 163 Å². The van der Waals surface area contributed by atoms with E-state index in [2.05, 4.69) is 172 Å². The number of rotatable bonds is 3. The van der Waals surface area contributed by atoms with E-state index in [4.69, 9.17) is 4.98 Å². The molecule has 1 aliphatic rings. The molecule has 226 valence electrons. The molecule has 0 spiro atoms. The molecule has 0 aliphatic heterocycles. The van der Waals surface area contributed by atoms with Gasteiger partial charge in [-0.25, -0.2) is 4.98 Å². The summed E-state index contributed by atoms with van der Waals surface area (Å²) in [4.78, 5) is 5.52. The second-order valence-electron chi connectivity index (χ2n) is 13.0. The fraction of sp³-hybridized carbons (Fsp3) is 0.0465. The standard InChI is InChI=1S/C43H29N4P/c1-45-36-15-7-3-11-29(36)24-41(45)48-23-21-28-18-19-40(44-43(28)48)47-38-17-9-6-13-31(38)34-25-33-30-12-4-5-14-32(30)42(35(33)26-39(34)47)46-22-20-27-10-2-8-16-37(27)46/h2-26,42H,1H3. The predicted molar refractivity (Wildman–Crippen MR) is 201 cm³/mol. The maximum Gasteiger partial charge on any atom is 0.138 e. The highest BCUT2D eigenvalue weighted by Gasteiger charge is 2.32. The average molecular weight is 633 g/mol. The lowest BCUT2D eigenvalue weighted by atomic mass is 10.0. The number of fused-ring (bicyclic) bond motifs is 9. The van der Waals surface area contributed by atoms with Gasteiger partial charge in [-0.2, -0.15) is 0 Å². The third-order valence-electron chi connectivity index (χ3n) is 10.5. The number of nitrogens with zero attached hydrogens (tertiary/aromatic N) is 4. The molecule has 0 saturated carbocycles. The first-order valence-corrected chi connectivity index (χ1v) is 17.9. The lowest BCUT2D eigenvalue weighted by Crippen LogP contribution is -2.08. The molecule has 2 unspecified atom stereocenters. The molecule has 0 radical (unpaired) electrons. The molecule has 5 heterocycles. The summed E-state index contributed by atoms with van der Waals surface area (Å²) in [7, 11) is 1.45. The Labute approximate surface area is 277 Å². The second-order valence-corrected chi connectivity index (χ2v) is 14.9. The second kappa shape index (κ2) is 9.60. The van der Waals surface area contributed by atoms with Crippen LogP contribution in [-0.2, 0) is 7.05 Å². The lowest BCUT2D eigenvalue weighted by Gasteiger charge is -2.18. The molecule has 48 heavy (non-hydrogen) atoms. The number of pyridine rings is 1. The summed E-state index contributed by atoms with van der Waals surface area (Å²) in [5.41, 5.74) is 11.5. The molecule has 0 fully saturated rings. The summed E-state index contributed by atoms with van der Waals surface area (Å²) in [6.07, 6.45) is 2.26. The van der Waals surface area contributed by atoms with E-state index in [0.29, 0.717) is 0 Å². The summed E-state index contributed by atoms with van der Waals surface area (Å²) in [6, 6.07) is 51.4. The minimum Gasteiger partial charge on any atom is -0.341 e. The van der Waals surface area contributed by atoms with Gasteiger partial charge in [-0.3, -0.25) is 4.57 Å². The van der Waals surface area contributed by atoms with Crippen LogP contribution in [0.3, 0.4) is 0 Å². The van der Waals surface area contributed by atoms with Gasteiger partial charge in [0.15, 0.2) is 0 Å². The van der Waals surface area contributed by atoms with Crippen molar-refractivity contribution in [3.63, 3.8) is 0 Å². The van der Waals surface area contributed by atoms with Crippen LogP contribution < -0.4 is 0 Å². The van der Waals surface area contributed by atoms with Crippen LogP contribution in [0.5, 0.6) is 0 Å². The third-order valence-corrected chi connectivity index (χ3v) is 12.7. The Morgan fingerprint density at radius 1 is 0.562 bits per heavy atom. The molecule has 5 aromatic heterocycles. The van der Waals surface area contributed by atoms with Crippen molar-refractivity contribution in [1.29, 1.82) is 0 Å². The van der Waals surface area contributed by atoms with Gasteiger partial charge in [-0.15, -0.1) is 0 Å². The van der Waals surface area contributed by atoms with Crippen molar-refractivity contribution in [2.24, 2.45) is 7.05 Å². The topological polar surface area (TPSA) is 27.7 Å². The molecule has 0 bridgehead atoms. The zero-order valence-corrected chi connectivity index (χ0v) is 27.1. The Bertz CT molecular complexity index is 2930. The monoisotopic (exact) mass is 632 g/mol. The molecule has 4 nitrogen and oxygen atoms in total. The maximum absolute atomic E-state index is 5.52. The molecular weight excluding hydrogens is 603 g/mol. The highest BCUT2D eigenvalue weighted by Crippen LogP contribution is 2.51. The number of hydrogen-bond acceptors (Lipinski definition) is 1. The third kappa shape index (κ3) is 3.48. The fourth-order valence-electron chi connectivity index (χ4n) is 8.33. The first kappa shape index (κ1) is 26.3. The summed E-state index contributed by atoms with van der Waals surface area (Å²) in [5.74, 6) is 3.33. The van der Waals surface area contributed by atoms with Gasteiger partial charge in [0.05, 0.1) is 27.8 Å². The van der Waals surface area contributed by atoms with Gasteiger partial charge < -0.3 is 9.13 Å². The number of hydrogen-bond donors (Lipinski definition) is 0. The minimum atomic E-state index is -0.733. The lowest BCUT2D eigenvalue weighted by molar-refractivity contribution is 0.722. The van der Waals surface area contributed by atoms with Gasteiger partial charge in [0.25, 0.3) is 0 Å². The van der Waals surface area contributed by atoms with E-state index in [1.54, 1.807) is 0 Å². The minimum absolute atomic E-state index is 0.0865. The van der Waals surface area contributed by atoms with E-state index < -0.39 is 7.53 Å². The first-order chi connectivity index (χ1) is 23.7. The Morgan fingerprint density at radius 3 is 2.23 bits per heavy atom. The molecule has 0 amide bonds. The largest absolute Gasteiger partial charge is 0.341 e. The summed E-state index contributed by atoms with van der Waals surface area (Å²) in [5, 5.41) is 7.43. The quantitative estimate of drug-likeness (QED) is 0.190. The van der Waals surface area contributed by atoms with Gasteiger partial charge in [-0.1, -0.05) is 78.9 Å². The molecular formula is C43H29N4P. The van der Waals surface area contributed by atoms with E-state index in [-0.39, 0.29) is 6.04 Å². The zero-order chi connectivity index (χ0) is 31.5. The van der Waals surface area contributed by atoms with Crippen LogP contribution in [0.25, 0.3) is 76.6 Å². The smallest absolute Gasteiger partial charge is 0.138 e. The summed E-state index contributed by atoms with van der Waals surface area (Å²) < 4.78 is 7.20. The van der Waals surface area contributed by atoms with Gasteiger partial charge >= 0.3 is 0 Å². The first-order valence-electron chi connectivity index (χ1n) is 16.5. The van der Waals surface area contributed by atoms with Crippen LogP contribution in [-0.4, -0.2) is 18.7 Å². The van der Waals surface area contributed by atoms with Gasteiger partial charge in [0, 0.05) is 45.8 Å². The van der Waals surface area contributed by atoms with Crippen LogP contribution in [0.1, 0.15) is 17.2 Å². The Balaban J connectivity index is 1.18. The average Bonchev–Trinajstić information content (AvgIpc) is 3.94. The van der Waals surface area contributed by atoms with Crippen LogP contribution in [0.4, 0.5) is 0 Å². The zero-order valence-electron chi connectivity index (χ0n) is 26.2. The van der Waals surface area contributed by atoms with Crippen molar-refractivity contribution in [2.75, 3.05) is 0 Å². The Morgan fingerprint density at radius 2 is 1.33 bits per heavy atom. The highest BCUT2D eigenvalue weighted by atomic mass is 31.1. The van der Waals surface area contributed by atoms with Crippen LogP contribution >= 0.6 is 7.53 Å². The van der Waals surface area contributed by atoms with Crippen molar-refractivity contribution >= 4 is 61.8 Å². The summed E-state index contributed by atoms with van der Waals surface area (Å²) in [6.45, 7) is 0. The molecule has 5 aromatic carbocycles. The number of aromatic nitrogens is 4. The van der Waals surface area contributed by atoms with Crippen LogP contribution in [0.15, 0.2) is 152 Å². The van der Waals surface area contributed by atoms with E-state index in [1.807, 2.05) is 0 Å². The van der Waals surface area contributed by atoms with Crippen LogP contribution in [0.2, 0.25) is 0 Å². The molecule has 1 aliphatic carbocycles. The van der Waals surface area contributed by atoms with E-state index in [0.717, 1.165) is 5.82 Å². The van der Waals surface area contributed by atoms with Gasteiger partial charge in [0.1, 0.15) is 5.82 Å². The molecule has 0 saturated heterocycles. The molecule has 5 heteroatoms. The van der Waals surface area contributed by atoms with E-state index in [1.165, 1.54) is 81.9 Å². The SMILES string of the molecule is Cn1c(-p2ccc3ccc(-n4c5ccccc5c5cc6c(cc54)C(n4ccc5ccccc54)c4ccccc4-6)nc32)cc2ccccc21. The molecule has 2 atom stereocenters. The molecule has 11 rings (SSSR count). The number of benzene rings is 5. The van der Waals surface area contributed by atoms with Gasteiger partial charge in [-0.05, 0) is 102 Å². The highest BCUT2D eigenvalue weighted by molar-refractivity contribution is 7.61. The van der Waals surface area contributed by atoms with Crippen LogP contribution in [0, 0.1) is 0 Å². The van der Waals surface area contributed by atoms with E-state index >= 15 is 0 Å². The van der Waals surface area contributed by atoms with Crippen molar-refractivity contribution < 1.29 is 0 Å². The van der Waals surface area contributed by atoms with Crippen molar-refractivity contribution in [2.45, 2.75) is 6.04 Å². The number of para-hydroxylation sites is 3. The van der Waals surface area contributed by atoms with Gasteiger partial charge in [0.2, 0.25) is 0 Å². The Kier molecular flexibility index (Phi) is 5.25. The molecule has 0 N–H and O–H groups in total. The summed E-state index contributed by atoms with van der Waals surface area (Å²) >= 11 is 0. The van der Waals surface area contributed by atoms with E-state index in [9.17, 15) is 0 Å². The normalized spacial score (nSPS) is 14.5. The van der Waals surface area contributed by atoms with Crippen molar-refractivity contribution in [1.82, 2.24) is 18.7 Å². The Hall–Kier alpha value is -5.83. The van der Waals surface area contributed by atoms with Crippen molar-refractivity contribution in [3.8, 4) is 22.4 Å². The maximum atomic E-state index is 5.52. The fourth-order valence-corrected chi connectivity index (χ4v) is 10.5.